The molecule has 0 aromatic rings. The lowest BCUT2D eigenvalue weighted by Gasteiger charge is -2.37. The minimum absolute atomic E-state index is 0.522. The van der Waals surface area contributed by atoms with E-state index >= 15 is 0 Å². The normalized spacial score (nSPS) is 51.0. The predicted molar refractivity (Wildman–Crippen MR) is 24.4 cm³/mol. The van der Waals surface area contributed by atoms with Crippen LogP contribution in [0.3, 0.4) is 0 Å². The molecule has 0 aromatic heterocycles. The van der Waals surface area contributed by atoms with Crippen molar-refractivity contribution in [2.75, 3.05) is 0 Å². The number of aliphatic hydroxyl groups is 2. The maximum absolute atomic E-state index is 8.71. The summed E-state index contributed by atoms with van der Waals surface area (Å²) in [6, 6.07) is 0. The van der Waals surface area contributed by atoms with Gasteiger partial charge in [-0.3, -0.25) is 0 Å². The van der Waals surface area contributed by atoms with Crippen molar-refractivity contribution in [3.8, 4) is 0 Å². The van der Waals surface area contributed by atoms with Crippen molar-refractivity contribution in [2.24, 2.45) is 5.73 Å². The quantitative estimate of drug-likeness (QED) is 0.337. The fourth-order valence-corrected chi connectivity index (χ4v) is 0.569. The van der Waals surface area contributed by atoms with E-state index in [1.807, 2.05) is 0 Å². The summed E-state index contributed by atoms with van der Waals surface area (Å²) >= 11 is 0. The zero-order valence-electron chi connectivity index (χ0n) is 3.96. The molecular formula is C4H9NO2. The van der Waals surface area contributed by atoms with Crippen LogP contribution in [0.2, 0.25) is 0 Å². The van der Waals surface area contributed by atoms with Gasteiger partial charge in [0.25, 0.3) is 0 Å². The van der Waals surface area contributed by atoms with Crippen LogP contribution in [-0.2, 0) is 0 Å². The summed E-state index contributed by atoms with van der Waals surface area (Å²) in [7, 11) is 0. The number of aliphatic hydroxyl groups excluding tert-OH is 1. The van der Waals surface area contributed by atoms with Crippen LogP contribution < -0.4 is 5.73 Å². The standard InChI is InChI=1S/C4H9NO2/c5-4(7)2-1-3(4)6/h3,6-7H,1-2,5H2. The Kier molecular flexibility index (Phi) is 0.849. The average Bonchev–Trinajstić information content (AvgIpc) is 1.63. The van der Waals surface area contributed by atoms with E-state index in [-0.39, 0.29) is 0 Å². The first-order chi connectivity index (χ1) is 3.13. The highest BCUT2D eigenvalue weighted by Gasteiger charge is 2.40. The lowest BCUT2D eigenvalue weighted by atomic mass is 9.86. The molecule has 1 saturated carbocycles. The van der Waals surface area contributed by atoms with Gasteiger partial charge in [-0.1, -0.05) is 0 Å². The molecule has 2 atom stereocenters. The second-order valence-corrected chi connectivity index (χ2v) is 2.05. The monoisotopic (exact) mass is 103 g/mol. The van der Waals surface area contributed by atoms with E-state index in [1.165, 1.54) is 0 Å². The summed E-state index contributed by atoms with van der Waals surface area (Å²) < 4.78 is 0. The van der Waals surface area contributed by atoms with Gasteiger partial charge in [-0.2, -0.15) is 0 Å². The zero-order chi connectivity index (χ0) is 5.49. The molecule has 2 unspecified atom stereocenters. The summed E-state index contributed by atoms with van der Waals surface area (Å²) in [5.74, 6) is 0. The van der Waals surface area contributed by atoms with E-state index in [9.17, 15) is 0 Å². The van der Waals surface area contributed by atoms with Crippen LogP contribution in [0, 0.1) is 0 Å². The topological polar surface area (TPSA) is 66.5 Å². The van der Waals surface area contributed by atoms with Gasteiger partial charge in [0.05, 0.1) is 6.10 Å². The third kappa shape index (κ3) is 0.627. The molecule has 0 aromatic carbocycles. The van der Waals surface area contributed by atoms with Crippen LogP contribution in [0.5, 0.6) is 0 Å². The molecule has 4 N–H and O–H groups in total. The van der Waals surface area contributed by atoms with Crippen molar-refractivity contribution in [3.63, 3.8) is 0 Å². The molecule has 0 heterocycles. The molecule has 1 rings (SSSR count). The number of hydrogen-bond donors (Lipinski definition) is 3. The maximum Gasteiger partial charge on any atom is 0.139 e. The van der Waals surface area contributed by atoms with Gasteiger partial charge in [-0.15, -0.1) is 0 Å². The van der Waals surface area contributed by atoms with Crippen molar-refractivity contribution >= 4 is 0 Å². The molecular weight excluding hydrogens is 94.0 g/mol. The Labute approximate surface area is 41.8 Å². The van der Waals surface area contributed by atoms with Crippen LogP contribution >= 0.6 is 0 Å². The zero-order valence-corrected chi connectivity index (χ0v) is 3.96. The minimum atomic E-state index is -1.26. The van der Waals surface area contributed by atoms with Gasteiger partial charge in [0.15, 0.2) is 0 Å². The third-order valence-electron chi connectivity index (χ3n) is 1.40. The SMILES string of the molecule is NC1(O)CCC1O. The Balaban J connectivity index is 2.43. The summed E-state index contributed by atoms with van der Waals surface area (Å²) in [6.45, 7) is 0. The Morgan fingerprint density at radius 2 is 2.14 bits per heavy atom. The van der Waals surface area contributed by atoms with E-state index in [0.717, 1.165) is 0 Å². The minimum Gasteiger partial charge on any atom is -0.389 e. The molecule has 42 valence electrons. The van der Waals surface area contributed by atoms with E-state index in [1.54, 1.807) is 0 Å². The number of hydrogen-bond acceptors (Lipinski definition) is 3. The van der Waals surface area contributed by atoms with Crippen LogP contribution in [0.15, 0.2) is 0 Å². The molecule has 0 bridgehead atoms. The molecule has 1 fully saturated rings. The Hall–Kier alpha value is -0.120. The molecule has 0 aliphatic heterocycles. The maximum atomic E-state index is 8.71. The fraction of sp³-hybridized carbons (Fsp3) is 1.00. The third-order valence-corrected chi connectivity index (χ3v) is 1.40. The van der Waals surface area contributed by atoms with E-state index in [4.69, 9.17) is 15.9 Å². The second kappa shape index (κ2) is 1.18. The highest BCUT2D eigenvalue weighted by Crippen LogP contribution is 2.26. The number of rotatable bonds is 0. The Morgan fingerprint density at radius 1 is 1.71 bits per heavy atom. The molecule has 0 saturated heterocycles. The first-order valence-electron chi connectivity index (χ1n) is 2.32. The van der Waals surface area contributed by atoms with Crippen molar-refractivity contribution in [2.45, 2.75) is 24.7 Å². The first kappa shape index (κ1) is 5.03. The molecule has 3 nitrogen and oxygen atoms in total. The van der Waals surface area contributed by atoms with Crippen molar-refractivity contribution < 1.29 is 10.2 Å². The van der Waals surface area contributed by atoms with Crippen LogP contribution in [0.25, 0.3) is 0 Å². The molecule has 3 heteroatoms. The van der Waals surface area contributed by atoms with Gasteiger partial charge in [-0.05, 0) is 12.8 Å². The molecule has 7 heavy (non-hydrogen) atoms. The summed E-state index contributed by atoms with van der Waals surface area (Å²) in [5, 5.41) is 17.3. The lowest BCUT2D eigenvalue weighted by Crippen LogP contribution is -2.58. The molecule has 0 amide bonds. The lowest BCUT2D eigenvalue weighted by molar-refractivity contribution is -0.140. The highest BCUT2D eigenvalue weighted by atomic mass is 16.4. The van der Waals surface area contributed by atoms with Crippen molar-refractivity contribution in [1.29, 1.82) is 0 Å². The van der Waals surface area contributed by atoms with Gasteiger partial charge in [0.2, 0.25) is 0 Å². The highest BCUT2D eigenvalue weighted by molar-refractivity contribution is 4.90. The van der Waals surface area contributed by atoms with Crippen molar-refractivity contribution in [3.05, 3.63) is 0 Å². The van der Waals surface area contributed by atoms with Crippen LogP contribution in [-0.4, -0.2) is 22.0 Å². The number of nitrogens with two attached hydrogens (primary N) is 1. The fourth-order valence-electron chi connectivity index (χ4n) is 0.569. The predicted octanol–water partition coefficient (Wildman–Crippen LogP) is -1.21. The Morgan fingerprint density at radius 3 is 2.14 bits per heavy atom. The van der Waals surface area contributed by atoms with Gasteiger partial charge in [0.1, 0.15) is 5.72 Å². The van der Waals surface area contributed by atoms with E-state index < -0.39 is 11.8 Å². The van der Waals surface area contributed by atoms with Gasteiger partial charge < -0.3 is 15.9 Å². The largest absolute Gasteiger partial charge is 0.389 e. The summed E-state index contributed by atoms with van der Waals surface area (Å²) in [5.41, 5.74) is 3.81. The Bertz CT molecular complexity index is 81.8. The van der Waals surface area contributed by atoms with Crippen LogP contribution in [0.1, 0.15) is 12.8 Å². The first-order valence-corrected chi connectivity index (χ1v) is 2.32. The van der Waals surface area contributed by atoms with Gasteiger partial charge >= 0.3 is 0 Å². The van der Waals surface area contributed by atoms with Crippen LogP contribution in [0.4, 0.5) is 0 Å². The molecule has 0 radical (unpaired) electrons. The molecule has 1 aliphatic rings. The second-order valence-electron chi connectivity index (χ2n) is 2.05. The van der Waals surface area contributed by atoms with Gasteiger partial charge in [0, 0.05) is 0 Å². The molecule has 0 spiro atoms. The van der Waals surface area contributed by atoms with Gasteiger partial charge in [-0.25, -0.2) is 0 Å². The summed E-state index contributed by atoms with van der Waals surface area (Å²) in [6.07, 6.45) is 0.466. The smallest absolute Gasteiger partial charge is 0.139 e. The van der Waals surface area contributed by atoms with E-state index in [0.29, 0.717) is 12.8 Å². The molecule has 1 aliphatic carbocycles. The average molecular weight is 103 g/mol. The van der Waals surface area contributed by atoms with E-state index in [2.05, 4.69) is 0 Å². The summed E-state index contributed by atoms with van der Waals surface area (Å²) in [4.78, 5) is 0. The van der Waals surface area contributed by atoms with Crippen molar-refractivity contribution in [1.82, 2.24) is 0 Å².